The monoisotopic (exact) mass is 259 g/mol. The van der Waals surface area contributed by atoms with Gasteiger partial charge in [-0.25, -0.2) is 0 Å². The van der Waals surface area contributed by atoms with E-state index in [1.165, 1.54) is 24.0 Å². The first-order chi connectivity index (χ1) is 9.20. The third-order valence-corrected chi connectivity index (χ3v) is 3.97. The Labute approximate surface area is 114 Å². The summed E-state index contributed by atoms with van der Waals surface area (Å²) in [4.78, 5) is 14.0. The molecule has 0 unspecified atom stereocenters. The van der Waals surface area contributed by atoms with Crippen LogP contribution >= 0.6 is 0 Å². The number of carbonyl (C=O) groups is 1. The van der Waals surface area contributed by atoms with Crippen LogP contribution in [-0.2, 0) is 17.8 Å². The zero-order valence-corrected chi connectivity index (χ0v) is 11.2. The maximum atomic E-state index is 11.8. The van der Waals surface area contributed by atoms with Crippen LogP contribution in [0, 0.1) is 5.92 Å². The van der Waals surface area contributed by atoms with Crippen LogP contribution in [0.2, 0.25) is 0 Å². The average Bonchev–Trinajstić information content (AvgIpc) is 3.20. The van der Waals surface area contributed by atoms with Crippen molar-refractivity contribution in [2.75, 3.05) is 25.4 Å². The van der Waals surface area contributed by atoms with Crippen molar-refractivity contribution in [2.24, 2.45) is 5.92 Å². The van der Waals surface area contributed by atoms with E-state index >= 15 is 0 Å². The smallest absolute Gasteiger partial charge is 0.234 e. The molecule has 1 heterocycles. The predicted molar refractivity (Wildman–Crippen MR) is 75.6 cm³/mol. The van der Waals surface area contributed by atoms with Gasteiger partial charge < -0.3 is 11.1 Å². The van der Waals surface area contributed by atoms with Gasteiger partial charge in [-0.05, 0) is 48.4 Å². The number of hydrogen-bond donors (Lipinski definition) is 2. The molecule has 1 fully saturated rings. The minimum absolute atomic E-state index is 0.152. The molecular weight excluding hydrogens is 238 g/mol. The van der Waals surface area contributed by atoms with Gasteiger partial charge in [0.15, 0.2) is 0 Å². The number of carbonyl (C=O) groups excluding carboxylic acids is 1. The van der Waals surface area contributed by atoms with Crippen LogP contribution in [0.15, 0.2) is 18.2 Å². The fraction of sp³-hybridized carbons (Fsp3) is 0.533. The number of benzene rings is 1. The van der Waals surface area contributed by atoms with Gasteiger partial charge in [-0.15, -0.1) is 0 Å². The van der Waals surface area contributed by atoms with Crippen LogP contribution in [0.3, 0.4) is 0 Å². The second kappa shape index (κ2) is 5.21. The van der Waals surface area contributed by atoms with Crippen molar-refractivity contribution < 1.29 is 4.79 Å². The molecule has 3 N–H and O–H groups in total. The second-order valence-corrected chi connectivity index (χ2v) is 5.74. The zero-order chi connectivity index (χ0) is 13.2. The number of amides is 1. The molecule has 1 aromatic carbocycles. The molecule has 2 aliphatic rings. The molecular formula is C15H21N3O. The minimum Gasteiger partial charge on any atom is -0.399 e. The van der Waals surface area contributed by atoms with Crippen molar-refractivity contribution >= 4 is 11.6 Å². The molecule has 19 heavy (non-hydrogen) atoms. The zero-order valence-electron chi connectivity index (χ0n) is 11.2. The molecule has 0 atom stereocenters. The highest BCUT2D eigenvalue weighted by molar-refractivity contribution is 5.78. The lowest BCUT2D eigenvalue weighted by atomic mass is 9.99. The summed E-state index contributed by atoms with van der Waals surface area (Å²) in [6.45, 7) is 3.14. The van der Waals surface area contributed by atoms with Crippen LogP contribution < -0.4 is 11.1 Å². The summed E-state index contributed by atoms with van der Waals surface area (Å²) in [6, 6.07) is 6.09. The van der Waals surface area contributed by atoms with E-state index in [2.05, 4.69) is 16.3 Å². The lowest BCUT2D eigenvalue weighted by Gasteiger charge is -2.28. The number of nitrogens with two attached hydrogens (primary N) is 1. The minimum atomic E-state index is 0.152. The molecule has 0 aromatic heterocycles. The molecule has 4 nitrogen and oxygen atoms in total. The number of nitrogen functional groups attached to an aromatic ring is 1. The molecule has 1 amide bonds. The summed E-state index contributed by atoms with van der Waals surface area (Å²) in [7, 11) is 0. The Morgan fingerprint density at radius 2 is 2.21 bits per heavy atom. The van der Waals surface area contributed by atoms with Gasteiger partial charge >= 0.3 is 0 Å². The molecule has 1 aliphatic heterocycles. The van der Waals surface area contributed by atoms with Gasteiger partial charge in [0.2, 0.25) is 5.91 Å². The van der Waals surface area contributed by atoms with Crippen molar-refractivity contribution in [3.63, 3.8) is 0 Å². The van der Waals surface area contributed by atoms with Gasteiger partial charge in [-0.3, -0.25) is 9.69 Å². The maximum Gasteiger partial charge on any atom is 0.234 e. The Morgan fingerprint density at radius 3 is 3.00 bits per heavy atom. The molecule has 3 rings (SSSR count). The average molecular weight is 259 g/mol. The highest BCUT2D eigenvalue weighted by Gasteiger charge is 2.23. The molecule has 1 saturated carbocycles. The van der Waals surface area contributed by atoms with Gasteiger partial charge in [-0.2, -0.15) is 0 Å². The molecule has 4 heteroatoms. The largest absolute Gasteiger partial charge is 0.399 e. The summed E-state index contributed by atoms with van der Waals surface area (Å²) in [5.74, 6) is 0.894. The van der Waals surface area contributed by atoms with Crippen molar-refractivity contribution in [3.05, 3.63) is 29.3 Å². The molecule has 102 valence electrons. The van der Waals surface area contributed by atoms with Gasteiger partial charge in [0.05, 0.1) is 6.54 Å². The Hall–Kier alpha value is -1.55. The fourth-order valence-electron chi connectivity index (χ4n) is 2.61. The molecule has 1 aliphatic carbocycles. The van der Waals surface area contributed by atoms with Gasteiger partial charge in [0.1, 0.15) is 0 Å². The third kappa shape index (κ3) is 3.26. The van der Waals surface area contributed by atoms with E-state index in [0.717, 1.165) is 37.7 Å². The number of rotatable bonds is 4. The Bertz CT molecular complexity index is 482. The van der Waals surface area contributed by atoms with E-state index in [-0.39, 0.29) is 5.91 Å². The van der Waals surface area contributed by atoms with Crippen LogP contribution in [0.4, 0.5) is 5.69 Å². The van der Waals surface area contributed by atoms with Gasteiger partial charge in [0, 0.05) is 25.3 Å². The number of nitrogens with one attached hydrogen (secondary N) is 1. The third-order valence-electron chi connectivity index (χ3n) is 3.97. The Balaban J connectivity index is 1.54. The Kier molecular flexibility index (Phi) is 3.42. The number of hydrogen-bond acceptors (Lipinski definition) is 3. The Morgan fingerprint density at radius 1 is 1.37 bits per heavy atom. The van der Waals surface area contributed by atoms with Crippen molar-refractivity contribution in [3.8, 4) is 0 Å². The number of nitrogens with zero attached hydrogens (tertiary/aromatic N) is 1. The quantitative estimate of drug-likeness (QED) is 0.798. The number of fused-ring (bicyclic) bond motifs is 1. The number of anilines is 1. The molecule has 0 bridgehead atoms. The van der Waals surface area contributed by atoms with Crippen LogP contribution in [0.25, 0.3) is 0 Å². The topological polar surface area (TPSA) is 58.4 Å². The first-order valence-corrected chi connectivity index (χ1v) is 7.07. The lowest BCUT2D eigenvalue weighted by Crippen LogP contribution is -2.40. The predicted octanol–water partition coefficient (Wildman–Crippen LogP) is 1.15. The van der Waals surface area contributed by atoms with Crippen molar-refractivity contribution in [1.29, 1.82) is 0 Å². The van der Waals surface area contributed by atoms with Crippen LogP contribution in [-0.4, -0.2) is 30.4 Å². The summed E-state index contributed by atoms with van der Waals surface area (Å²) >= 11 is 0. The van der Waals surface area contributed by atoms with E-state index in [1.807, 2.05) is 12.1 Å². The first-order valence-electron chi connectivity index (χ1n) is 7.07. The second-order valence-electron chi connectivity index (χ2n) is 5.74. The fourth-order valence-corrected chi connectivity index (χ4v) is 2.61. The van der Waals surface area contributed by atoms with Crippen LogP contribution in [0.1, 0.15) is 24.0 Å². The van der Waals surface area contributed by atoms with E-state index in [0.29, 0.717) is 6.54 Å². The van der Waals surface area contributed by atoms with E-state index in [1.54, 1.807) is 0 Å². The first kappa shape index (κ1) is 12.5. The van der Waals surface area contributed by atoms with Gasteiger partial charge in [0.25, 0.3) is 0 Å². The standard InChI is InChI=1S/C15H21N3O/c16-14-4-3-12-5-6-18(9-13(12)7-14)10-15(19)17-8-11-1-2-11/h3-4,7,11H,1-2,5-6,8-10,16H2,(H,17,19). The highest BCUT2D eigenvalue weighted by atomic mass is 16.2. The molecule has 0 radical (unpaired) electrons. The highest BCUT2D eigenvalue weighted by Crippen LogP contribution is 2.27. The van der Waals surface area contributed by atoms with Gasteiger partial charge in [-0.1, -0.05) is 6.07 Å². The summed E-state index contributed by atoms with van der Waals surface area (Å²) in [5.41, 5.74) is 9.25. The summed E-state index contributed by atoms with van der Waals surface area (Å²) < 4.78 is 0. The van der Waals surface area contributed by atoms with Crippen molar-refractivity contribution in [1.82, 2.24) is 10.2 Å². The SMILES string of the molecule is Nc1ccc2c(c1)CN(CC(=O)NCC1CC1)CC2. The van der Waals surface area contributed by atoms with E-state index in [9.17, 15) is 4.79 Å². The van der Waals surface area contributed by atoms with Crippen LogP contribution in [0.5, 0.6) is 0 Å². The molecule has 1 aromatic rings. The lowest BCUT2D eigenvalue weighted by molar-refractivity contribution is -0.122. The summed E-state index contributed by atoms with van der Waals surface area (Å²) in [6.07, 6.45) is 3.55. The molecule has 0 spiro atoms. The van der Waals surface area contributed by atoms with E-state index in [4.69, 9.17) is 5.73 Å². The normalized spacial score (nSPS) is 18.9. The maximum absolute atomic E-state index is 11.8. The van der Waals surface area contributed by atoms with E-state index < -0.39 is 0 Å². The molecule has 0 saturated heterocycles. The van der Waals surface area contributed by atoms with Crippen molar-refractivity contribution in [2.45, 2.75) is 25.8 Å². The summed E-state index contributed by atoms with van der Waals surface area (Å²) in [5, 5.41) is 3.02.